The fraction of sp³-hybridized carbons (Fsp3) is 0.294. The van der Waals surface area contributed by atoms with E-state index in [9.17, 15) is 9.59 Å². The van der Waals surface area contributed by atoms with Gasteiger partial charge in [0.15, 0.2) is 0 Å². The van der Waals surface area contributed by atoms with Crippen LogP contribution >= 0.6 is 0 Å². The van der Waals surface area contributed by atoms with Gasteiger partial charge in [-0.2, -0.15) is 0 Å². The van der Waals surface area contributed by atoms with E-state index in [1.807, 2.05) is 18.2 Å². The number of furan rings is 1. The highest BCUT2D eigenvalue weighted by Crippen LogP contribution is 2.09. The van der Waals surface area contributed by atoms with E-state index in [0.29, 0.717) is 29.9 Å². The molecule has 0 fully saturated rings. The third-order valence-corrected chi connectivity index (χ3v) is 3.40. The van der Waals surface area contributed by atoms with Gasteiger partial charge in [0.2, 0.25) is 0 Å². The second kappa shape index (κ2) is 7.60. The van der Waals surface area contributed by atoms with E-state index >= 15 is 0 Å². The molecular formula is C17H21N3O3. The van der Waals surface area contributed by atoms with Gasteiger partial charge in [-0.15, -0.1) is 0 Å². The Morgan fingerprint density at radius 2 is 2.00 bits per heavy atom. The highest BCUT2D eigenvalue weighted by atomic mass is 16.3. The van der Waals surface area contributed by atoms with Crippen molar-refractivity contribution in [3.05, 3.63) is 59.0 Å². The fourth-order valence-corrected chi connectivity index (χ4v) is 2.15. The fourth-order valence-electron chi connectivity index (χ4n) is 2.15. The molecule has 3 N–H and O–H groups in total. The average molecular weight is 315 g/mol. The van der Waals surface area contributed by atoms with Crippen LogP contribution in [0.15, 0.2) is 41.0 Å². The molecule has 0 saturated heterocycles. The average Bonchev–Trinajstić information content (AvgIpc) is 3.03. The third kappa shape index (κ3) is 4.43. The van der Waals surface area contributed by atoms with Gasteiger partial charge < -0.3 is 20.4 Å². The van der Waals surface area contributed by atoms with Gasteiger partial charge >= 0.3 is 0 Å². The zero-order chi connectivity index (χ0) is 16.8. The lowest BCUT2D eigenvalue weighted by molar-refractivity contribution is 0.0827. The summed E-state index contributed by atoms with van der Waals surface area (Å²) in [6, 6.07) is 9.04. The first-order valence-electron chi connectivity index (χ1n) is 7.37. The maximum Gasteiger partial charge on any atom is 0.254 e. The molecule has 1 heterocycles. The maximum absolute atomic E-state index is 12.0. The van der Waals surface area contributed by atoms with E-state index < -0.39 is 0 Å². The maximum atomic E-state index is 12.0. The van der Waals surface area contributed by atoms with Crippen LogP contribution in [0.25, 0.3) is 0 Å². The van der Waals surface area contributed by atoms with E-state index in [4.69, 9.17) is 10.2 Å². The molecule has 2 rings (SSSR count). The van der Waals surface area contributed by atoms with Gasteiger partial charge in [0.1, 0.15) is 12.0 Å². The highest BCUT2D eigenvalue weighted by molar-refractivity contribution is 5.94. The molecule has 0 unspecified atom stereocenters. The third-order valence-electron chi connectivity index (χ3n) is 3.40. The van der Waals surface area contributed by atoms with Crippen LogP contribution in [0.3, 0.4) is 0 Å². The Morgan fingerprint density at radius 1 is 1.22 bits per heavy atom. The van der Waals surface area contributed by atoms with Crippen molar-refractivity contribution in [1.82, 2.24) is 10.2 Å². The molecule has 0 aliphatic rings. The lowest BCUT2D eigenvalue weighted by Gasteiger charge is -2.11. The van der Waals surface area contributed by atoms with Crippen molar-refractivity contribution in [1.29, 1.82) is 0 Å². The van der Waals surface area contributed by atoms with Crippen LogP contribution in [0.5, 0.6) is 0 Å². The van der Waals surface area contributed by atoms with Gasteiger partial charge in [0, 0.05) is 26.2 Å². The van der Waals surface area contributed by atoms with Gasteiger partial charge in [0.05, 0.1) is 12.1 Å². The Kier molecular flexibility index (Phi) is 5.54. The summed E-state index contributed by atoms with van der Waals surface area (Å²) in [5.74, 6) is 0.336. The molecule has 0 saturated carbocycles. The van der Waals surface area contributed by atoms with Crippen molar-refractivity contribution >= 4 is 11.8 Å². The zero-order valence-corrected chi connectivity index (χ0v) is 13.3. The van der Waals surface area contributed by atoms with Gasteiger partial charge in [-0.25, -0.2) is 0 Å². The lowest BCUT2D eigenvalue weighted by atomic mass is 10.1. The molecule has 23 heavy (non-hydrogen) atoms. The summed E-state index contributed by atoms with van der Waals surface area (Å²) in [5.41, 5.74) is 7.54. The van der Waals surface area contributed by atoms with Crippen molar-refractivity contribution in [2.75, 3.05) is 20.6 Å². The van der Waals surface area contributed by atoms with E-state index in [1.54, 1.807) is 26.2 Å². The first-order valence-corrected chi connectivity index (χ1v) is 7.37. The molecule has 6 heteroatoms. The van der Waals surface area contributed by atoms with Gasteiger partial charge in [-0.1, -0.05) is 12.1 Å². The molecule has 6 nitrogen and oxygen atoms in total. The summed E-state index contributed by atoms with van der Waals surface area (Å²) in [6.07, 6.45) is 2.04. The summed E-state index contributed by atoms with van der Waals surface area (Å²) in [5, 5.41) is 2.82. The number of rotatable bonds is 6. The quantitative estimate of drug-likeness (QED) is 0.843. The van der Waals surface area contributed by atoms with Crippen LogP contribution in [0.2, 0.25) is 0 Å². The number of amides is 2. The molecule has 0 radical (unpaired) electrons. The largest absolute Gasteiger partial charge is 0.467 e. The van der Waals surface area contributed by atoms with E-state index in [0.717, 1.165) is 5.56 Å². The van der Waals surface area contributed by atoms with Gasteiger partial charge in [-0.3, -0.25) is 9.59 Å². The molecule has 122 valence electrons. The smallest absolute Gasteiger partial charge is 0.254 e. The van der Waals surface area contributed by atoms with Crippen molar-refractivity contribution < 1.29 is 14.0 Å². The molecule has 0 atom stereocenters. The minimum atomic E-state index is -0.200. The van der Waals surface area contributed by atoms with Gasteiger partial charge in [-0.05, 0) is 30.2 Å². The standard InChI is InChI=1S/C17H21N3O3/c1-20(2)17(22)13-5-3-4-12(8-13)6-7-19-16(21)14-9-15(10-18)23-11-14/h3-5,8-9,11H,6-7,10,18H2,1-2H3,(H,19,21). The zero-order valence-electron chi connectivity index (χ0n) is 13.3. The van der Waals surface area contributed by atoms with Crippen molar-refractivity contribution in [3.63, 3.8) is 0 Å². The Morgan fingerprint density at radius 3 is 2.65 bits per heavy atom. The SMILES string of the molecule is CN(C)C(=O)c1cccc(CCNC(=O)c2coc(CN)c2)c1. The normalized spacial score (nSPS) is 10.4. The van der Waals surface area contributed by atoms with E-state index in [-0.39, 0.29) is 18.4 Å². The van der Waals surface area contributed by atoms with Crippen LogP contribution < -0.4 is 11.1 Å². The molecule has 0 bridgehead atoms. The number of nitrogens with one attached hydrogen (secondary N) is 1. The van der Waals surface area contributed by atoms with Crippen molar-refractivity contribution in [2.45, 2.75) is 13.0 Å². The minimum absolute atomic E-state index is 0.0383. The first kappa shape index (κ1) is 16.8. The summed E-state index contributed by atoms with van der Waals surface area (Å²) in [6.45, 7) is 0.738. The Hall–Kier alpha value is -2.60. The van der Waals surface area contributed by atoms with Gasteiger partial charge in [0.25, 0.3) is 11.8 Å². The number of nitrogens with two attached hydrogens (primary N) is 1. The van der Waals surface area contributed by atoms with Crippen molar-refractivity contribution in [2.24, 2.45) is 5.73 Å². The van der Waals surface area contributed by atoms with Crippen LogP contribution in [0.1, 0.15) is 32.0 Å². The van der Waals surface area contributed by atoms with Crippen LogP contribution in [-0.2, 0) is 13.0 Å². The molecule has 2 amide bonds. The molecule has 2 aromatic rings. The number of hydrogen-bond donors (Lipinski definition) is 2. The molecular weight excluding hydrogens is 294 g/mol. The molecule has 1 aromatic carbocycles. The summed E-state index contributed by atoms with van der Waals surface area (Å²) in [4.78, 5) is 25.4. The van der Waals surface area contributed by atoms with Crippen LogP contribution in [0.4, 0.5) is 0 Å². The first-order chi connectivity index (χ1) is 11.0. The predicted octanol–water partition coefficient (Wildman–Crippen LogP) is 1.41. The molecule has 0 spiro atoms. The highest BCUT2D eigenvalue weighted by Gasteiger charge is 2.10. The van der Waals surface area contributed by atoms with E-state index in [1.165, 1.54) is 11.2 Å². The molecule has 0 aliphatic carbocycles. The molecule has 0 aliphatic heterocycles. The van der Waals surface area contributed by atoms with Crippen molar-refractivity contribution in [3.8, 4) is 0 Å². The lowest BCUT2D eigenvalue weighted by Crippen LogP contribution is -2.25. The number of nitrogens with zero attached hydrogens (tertiary/aromatic N) is 1. The van der Waals surface area contributed by atoms with Crippen LogP contribution in [0, 0.1) is 0 Å². The number of carbonyl (C=O) groups is 2. The topological polar surface area (TPSA) is 88.6 Å². The summed E-state index contributed by atoms with van der Waals surface area (Å²) >= 11 is 0. The second-order valence-corrected chi connectivity index (χ2v) is 5.41. The number of carbonyl (C=O) groups excluding carboxylic acids is 2. The Bertz CT molecular complexity index is 692. The minimum Gasteiger partial charge on any atom is -0.467 e. The predicted molar refractivity (Wildman–Crippen MR) is 87.1 cm³/mol. The van der Waals surface area contributed by atoms with Crippen LogP contribution in [-0.4, -0.2) is 37.4 Å². The number of benzene rings is 1. The summed E-state index contributed by atoms with van der Waals surface area (Å²) in [7, 11) is 3.44. The Labute approximate surface area is 135 Å². The molecule has 1 aromatic heterocycles. The second-order valence-electron chi connectivity index (χ2n) is 5.41. The summed E-state index contributed by atoms with van der Waals surface area (Å²) < 4.78 is 5.14. The van der Waals surface area contributed by atoms with E-state index in [2.05, 4.69) is 5.32 Å². The Balaban J connectivity index is 1.90. The number of hydrogen-bond acceptors (Lipinski definition) is 4. The monoisotopic (exact) mass is 315 g/mol.